The lowest BCUT2D eigenvalue weighted by molar-refractivity contribution is 0.0914. The highest BCUT2D eigenvalue weighted by Gasteiger charge is 2.23. The van der Waals surface area contributed by atoms with Crippen LogP contribution in [0.5, 0.6) is 0 Å². The van der Waals surface area contributed by atoms with E-state index in [0.29, 0.717) is 16.8 Å². The van der Waals surface area contributed by atoms with E-state index < -0.39 is 0 Å². The zero-order valence-corrected chi connectivity index (χ0v) is 12.4. The Kier molecular flexibility index (Phi) is 5.20. The van der Waals surface area contributed by atoms with Crippen molar-refractivity contribution < 1.29 is 4.79 Å². The minimum Gasteiger partial charge on any atom is -0.348 e. The summed E-state index contributed by atoms with van der Waals surface area (Å²) in [6, 6.07) is 3.47. The van der Waals surface area contributed by atoms with Crippen molar-refractivity contribution in [3.63, 3.8) is 0 Å². The number of rotatable bonds is 4. The zero-order valence-electron chi connectivity index (χ0n) is 11.7. The first kappa shape index (κ1) is 15.1. The molecule has 0 radical (unpaired) electrons. The highest BCUT2D eigenvalue weighted by Crippen LogP contribution is 2.27. The van der Waals surface area contributed by atoms with Crippen LogP contribution in [0.25, 0.3) is 0 Å². The second-order valence-corrected chi connectivity index (χ2v) is 5.69. The van der Waals surface area contributed by atoms with E-state index in [2.05, 4.69) is 22.7 Å². The van der Waals surface area contributed by atoms with Gasteiger partial charge in [-0.05, 0) is 30.9 Å². The van der Waals surface area contributed by atoms with E-state index >= 15 is 0 Å². The van der Waals surface area contributed by atoms with E-state index in [-0.39, 0.29) is 17.6 Å². The van der Waals surface area contributed by atoms with Crippen LogP contribution < -0.4 is 16.6 Å². The van der Waals surface area contributed by atoms with Gasteiger partial charge in [-0.25, -0.2) is 10.8 Å². The zero-order chi connectivity index (χ0) is 14.5. The molecular formula is C14H21ClN4O. The number of anilines is 1. The summed E-state index contributed by atoms with van der Waals surface area (Å²) in [5.41, 5.74) is 2.64. The lowest BCUT2D eigenvalue weighted by Crippen LogP contribution is -2.38. The maximum absolute atomic E-state index is 12.3. The molecule has 1 fully saturated rings. The van der Waals surface area contributed by atoms with Crippen molar-refractivity contribution in [3.05, 3.63) is 22.8 Å². The normalized spacial score (nSPS) is 22.4. The number of nitrogens with zero attached hydrogens (tertiary/aromatic N) is 1. The summed E-state index contributed by atoms with van der Waals surface area (Å²) in [6.07, 6.45) is 5.64. The molecule has 5 nitrogen and oxygen atoms in total. The molecule has 1 aromatic rings. The number of carbonyl (C=O) groups excluding carboxylic acids is 1. The topological polar surface area (TPSA) is 80.0 Å². The van der Waals surface area contributed by atoms with Crippen LogP contribution in [0, 0.1) is 5.92 Å². The van der Waals surface area contributed by atoms with E-state index in [4.69, 9.17) is 17.4 Å². The molecule has 1 aliphatic rings. The molecule has 1 aliphatic carbocycles. The number of pyridine rings is 1. The summed E-state index contributed by atoms with van der Waals surface area (Å²) in [5.74, 6) is 6.20. The summed E-state index contributed by atoms with van der Waals surface area (Å²) in [6.45, 7) is 2.20. The first-order valence-electron chi connectivity index (χ1n) is 7.08. The number of carbonyl (C=O) groups is 1. The summed E-state index contributed by atoms with van der Waals surface area (Å²) < 4.78 is 0. The Labute approximate surface area is 124 Å². The van der Waals surface area contributed by atoms with Crippen molar-refractivity contribution >= 4 is 23.3 Å². The van der Waals surface area contributed by atoms with Crippen LogP contribution in [0.1, 0.15) is 49.5 Å². The number of amides is 1. The predicted molar refractivity (Wildman–Crippen MR) is 80.6 cm³/mol. The molecule has 2 rings (SSSR count). The number of hydrogen-bond donors (Lipinski definition) is 3. The first-order valence-corrected chi connectivity index (χ1v) is 7.45. The third-order valence-corrected chi connectivity index (χ3v) is 4.21. The Hall–Kier alpha value is -1.33. The standard InChI is InChI=1S/C14H21ClN4O/c1-2-9-4-3-5-10(8-9)17-14(20)13-11(15)6-7-12(18-13)19-16/h6-7,9-10H,2-5,8,16H2,1H3,(H,17,20)(H,18,19). The summed E-state index contributed by atoms with van der Waals surface area (Å²) in [4.78, 5) is 16.4. The van der Waals surface area contributed by atoms with Gasteiger partial charge in [-0.2, -0.15) is 0 Å². The van der Waals surface area contributed by atoms with Gasteiger partial charge in [-0.1, -0.05) is 37.8 Å². The van der Waals surface area contributed by atoms with Crippen molar-refractivity contribution in [3.8, 4) is 0 Å². The van der Waals surface area contributed by atoms with Gasteiger partial charge < -0.3 is 10.7 Å². The molecule has 4 N–H and O–H groups in total. The van der Waals surface area contributed by atoms with Crippen LogP contribution >= 0.6 is 11.6 Å². The number of halogens is 1. The van der Waals surface area contributed by atoms with Crippen LogP contribution in [0.2, 0.25) is 5.02 Å². The number of nitrogen functional groups attached to an aromatic ring is 1. The van der Waals surface area contributed by atoms with Gasteiger partial charge in [0.2, 0.25) is 0 Å². The molecule has 0 aromatic carbocycles. The Morgan fingerprint density at radius 1 is 1.50 bits per heavy atom. The van der Waals surface area contributed by atoms with Gasteiger partial charge in [0.05, 0.1) is 5.02 Å². The lowest BCUT2D eigenvalue weighted by Gasteiger charge is -2.29. The Bertz CT molecular complexity index is 480. The second kappa shape index (κ2) is 6.90. The maximum atomic E-state index is 12.3. The van der Waals surface area contributed by atoms with Crippen molar-refractivity contribution in [2.75, 3.05) is 5.43 Å². The van der Waals surface area contributed by atoms with Crippen LogP contribution in [0.4, 0.5) is 5.82 Å². The monoisotopic (exact) mass is 296 g/mol. The van der Waals surface area contributed by atoms with Gasteiger partial charge in [0.25, 0.3) is 5.91 Å². The summed E-state index contributed by atoms with van der Waals surface area (Å²) in [7, 11) is 0. The van der Waals surface area contributed by atoms with E-state index in [0.717, 1.165) is 25.7 Å². The van der Waals surface area contributed by atoms with E-state index in [1.807, 2.05) is 0 Å². The molecule has 1 amide bonds. The Morgan fingerprint density at radius 3 is 3.00 bits per heavy atom. The van der Waals surface area contributed by atoms with Gasteiger partial charge >= 0.3 is 0 Å². The highest BCUT2D eigenvalue weighted by atomic mass is 35.5. The number of aromatic nitrogens is 1. The SMILES string of the molecule is CCC1CCCC(NC(=O)c2nc(NN)ccc2Cl)C1. The number of nitrogens with two attached hydrogens (primary N) is 1. The van der Waals surface area contributed by atoms with Crippen LogP contribution in [-0.2, 0) is 0 Å². The Balaban J connectivity index is 2.04. The van der Waals surface area contributed by atoms with Crippen molar-refractivity contribution in [1.82, 2.24) is 10.3 Å². The third-order valence-electron chi connectivity index (χ3n) is 3.90. The molecule has 110 valence electrons. The molecule has 20 heavy (non-hydrogen) atoms. The third kappa shape index (κ3) is 3.61. The maximum Gasteiger partial charge on any atom is 0.271 e. The molecule has 1 heterocycles. The fourth-order valence-corrected chi connectivity index (χ4v) is 2.92. The van der Waals surface area contributed by atoms with Crippen LogP contribution in [0.15, 0.2) is 12.1 Å². The van der Waals surface area contributed by atoms with Gasteiger partial charge in [0.1, 0.15) is 11.5 Å². The minimum atomic E-state index is -0.228. The molecule has 0 aliphatic heterocycles. The summed E-state index contributed by atoms with van der Waals surface area (Å²) >= 11 is 6.03. The largest absolute Gasteiger partial charge is 0.348 e. The molecule has 6 heteroatoms. The molecule has 2 unspecified atom stereocenters. The predicted octanol–water partition coefficient (Wildman–Crippen LogP) is 2.72. The number of nitrogens with one attached hydrogen (secondary N) is 2. The van der Waals surface area contributed by atoms with E-state index in [9.17, 15) is 4.79 Å². The van der Waals surface area contributed by atoms with Gasteiger partial charge in [-0.15, -0.1) is 0 Å². The average molecular weight is 297 g/mol. The van der Waals surface area contributed by atoms with Crippen LogP contribution in [-0.4, -0.2) is 16.9 Å². The van der Waals surface area contributed by atoms with E-state index in [1.54, 1.807) is 12.1 Å². The molecule has 0 spiro atoms. The van der Waals surface area contributed by atoms with E-state index in [1.165, 1.54) is 6.42 Å². The van der Waals surface area contributed by atoms with Gasteiger partial charge in [-0.3, -0.25) is 4.79 Å². The smallest absolute Gasteiger partial charge is 0.271 e. The van der Waals surface area contributed by atoms with Crippen molar-refractivity contribution in [1.29, 1.82) is 0 Å². The fourth-order valence-electron chi connectivity index (χ4n) is 2.73. The summed E-state index contributed by atoms with van der Waals surface area (Å²) in [5, 5.41) is 3.37. The minimum absolute atomic E-state index is 0.216. The highest BCUT2D eigenvalue weighted by molar-refractivity contribution is 6.33. The average Bonchev–Trinajstić information content (AvgIpc) is 2.47. The molecule has 0 saturated heterocycles. The molecule has 2 atom stereocenters. The van der Waals surface area contributed by atoms with Gasteiger partial charge in [0, 0.05) is 6.04 Å². The fraction of sp³-hybridized carbons (Fsp3) is 0.571. The number of hydrogen-bond acceptors (Lipinski definition) is 4. The first-order chi connectivity index (χ1) is 9.63. The molecule has 1 aromatic heterocycles. The van der Waals surface area contributed by atoms with Crippen molar-refractivity contribution in [2.24, 2.45) is 11.8 Å². The molecule has 1 saturated carbocycles. The van der Waals surface area contributed by atoms with Crippen molar-refractivity contribution in [2.45, 2.75) is 45.1 Å². The van der Waals surface area contributed by atoms with Gasteiger partial charge in [0.15, 0.2) is 0 Å². The second-order valence-electron chi connectivity index (χ2n) is 5.28. The quantitative estimate of drug-likeness (QED) is 0.589. The number of hydrazine groups is 1. The molecule has 0 bridgehead atoms. The lowest BCUT2D eigenvalue weighted by atomic mass is 9.84. The molecular weight excluding hydrogens is 276 g/mol. The Morgan fingerprint density at radius 2 is 2.30 bits per heavy atom. The van der Waals surface area contributed by atoms with Crippen LogP contribution in [0.3, 0.4) is 0 Å².